The van der Waals surface area contributed by atoms with Crippen molar-refractivity contribution in [3.05, 3.63) is 0 Å². The monoisotopic (exact) mass is 226 g/mol. The molecule has 5 nitrogen and oxygen atoms in total. The fraction of sp³-hybridized carbons (Fsp3) is 0.875. The van der Waals surface area contributed by atoms with Crippen LogP contribution in [0.15, 0.2) is 0 Å². The van der Waals surface area contributed by atoms with Crippen molar-refractivity contribution in [1.82, 2.24) is 0 Å². The predicted molar refractivity (Wildman–Crippen MR) is 54.3 cm³/mol. The first-order valence-electron chi connectivity index (χ1n) is 4.62. The van der Waals surface area contributed by atoms with E-state index in [-0.39, 0.29) is 6.61 Å². The fourth-order valence-electron chi connectivity index (χ4n) is 0.273. The summed E-state index contributed by atoms with van der Waals surface area (Å²) in [6, 6.07) is 0. The van der Waals surface area contributed by atoms with Crippen LogP contribution >= 0.6 is 7.60 Å². The molecule has 2 N–H and O–H groups in total. The van der Waals surface area contributed by atoms with Crippen molar-refractivity contribution in [1.29, 1.82) is 0 Å². The van der Waals surface area contributed by atoms with E-state index in [1.807, 2.05) is 0 Å². The maximum Gasteiger partial charge on any atom is 0.433 e. The summed E-state index contributed by atoms with van der Waals surface area (Å²) in [5, 5.41) is 0. The molecule has 0 rings (SSSR count). The zero-order valence-corrected chi connectivity index (χ0v) is 9.79. The highest BCUT2D eigenvalue weighted by molar-refractivity contribution is 7.69. The van der Waals surface area contributed by atoms with Gasteiger partial charge in [-0.1, -0.05) is 33.6 Å². The first-order chi connectivity index (χ1) is 6.40. The Balaban J connectivity index is 0. The number of ether oxygens (including phenoxy) is 1. The molecule has 0 fully saturated rings. The normalized spacial score (nSPS) is 10.1. The summed E-state index contributed by atoms with van der Waals surface area (Å²) in [7, 11) is -4.65. The van der Waals surface area contributed by atoms with Crippen LogP contribution < -0.4 is 0 Å². The van der Waals surface area contributed by atoms with Gasteiger partial charge in [0, 0.05) is 0 Å². The quantitative estimate of drug-likeness (QED) is 0.719. The van der Waals surface area contributed by atoms with Gasteiger partial charge >= 0.3 is 13.3 Å². The van der Waals surface area contributed by atoms with Gasteiger partial charge in [0.15, 0.2) is 0 Å². The van der Waals surface area contributed by atoms with Crippen molar-refractivity contribution in [3.8, 4) is 0 Å². The lowest BCUT2D eigenvalue weighted by Crippen LogP contribution is -2.02. The van der Waals surface area contributed by atoms with Gasteiger partial charge in [0.1, 0.15) is 0 Å². The lowest BCUT2D eigenvalue weighted by molar-refractivity contribution is 0.163. The number of carbonyl (C=O) groups excluding carboxylic acids is 1. The average molecular weight is 226 g/mol. The molecule has 0 amide bonds. The van der Waals surface area contributed by atoms with E-state index in [2.05, 4.69) is 18.6 Å². The van der Waals surface area contributed by atoms with E-state index in [0.717, 1.165) is 0 Å². The summed E-state index contributed by atoms with van der Waals surface area (Å²) in [6.45, 7) is 6.14. The van der Waals surface area contributed by atoms with Crippen molar-refractivity contribution in [3.63, 3.8) is 0 Å². The summed E-state index contributed by atoms with van der Waals surface area (Å²) >= 11 is 0. The first-order valence-corrected chi connectivity index (χ1v) is 6.24. The third-order valence-electron chi connectivity index (χ3n) is 1.17. The Bertz CT molecular complexity index is 184. The van der Waals surface area contributed by atoms with Crippen LogP contribution in [-0.2, 0) is 9.30 Å². The fourth-order valence-corrected chi connectivity index (χ4v) is 0.533. The van der Waals surface area contributed by atoms with Crippen LogP contribution in [0.5, 0.6) is 0 Å². The number of hydrogen-bond acceptors (Lipinski definition) is 3. The minimum Gasteiger partial charge on any atom is -0.457 e. The van der Waals surface area contributed by atoms with E-state index in [0.29, 0.717) is 6.42 Å². The van der Waals surface area contributed by atoms with Gasteiger partial charge in [-0.25, -0.2) is 9.36 Å². The van der Waals surface area contributed by atoms with E-state index >= 15 is 0 Å². The Labute approximate surface area is 84.6 Å². The molecule has 0 aromatic carbocycles. The third kappa shape index (κ3) is 11.6. The minimum atomic E-state index is -4.65. The molecule has 14 heavy (non-hydrogen) atoms. The highest BCUT2D eigenvalue weighted by atomic mass is 31.2. The summed E-state index contributed by atoms with van der Waals surface area (Å²) in [5.74, 6) is 0. The zero-order valence-electron chi connectivity index (χ0n) is 8.89. The lowest BCUT2D eigenvalue weighted by Gasteiger charge is -2.02. The number of hydrogen-bond donors (Lipinski definition) is 2. The standard InChI is InChI=1S/C4H9O5P.C4H10/c1-2-3-9-4(5)10(6,7)8;1-3-4-2/h2-3H2,1H3,(H2,6,7,8);3-4H2,1-2H3. The molecule has 0 aliphatic heterocycles. The van der Waals surface area contributed by atoms with Crippen LogP contribution in [0.1, 0.15) is 40.0 Å². The van der Waals surface area contributed by atoms with Crippen molar-refractivity contribution in [2.75, 3.05) is 6.61 Å². The molecule has 0 aromatic rings. The van der Waals surface area contributed by atoms with Gasteiger partial charge in [-0.05, 0) is 6.42 Å². The van der Waals surface area contributed by atoms with E-state index < -0.39 is 13.3 Å². The molecule has 0 bridgehead atoms. The van der Waals surface area contributed by atoms with Crippen molar-refractivity contribution in [2.24, 2.45) is 0 Å². The van der Waals surface area contributed by atoms with Crippen molar-refractivity contribution >= 4 is 13.3 Å². The van der Waals surface area contributed by atoms with E-state index in [4.69, 9.17) is 9.79 Å². The molecule has 0 aliphatic rings. The Morgan fingerprint density at radius 1 is 1.14 bits per heavy atom. The first kappa shape index (κ1) is 16.1. The van der Waals surface area contributed by atoms with Crippen LogP contribution in [0.4, 0.5) is 4.79 Å². The smallest absolute Gasteiger partial charge is 0.433 e. The van der Waals surface area contributed by atoms with Gasteiger partial charge in [-0.15, -0.1) is 0 Å². The molecule has 0 aliphatic carbocycles. The lowest BCUT2D eigenvalue weighted by atomic mass is 10.4. The zero-order chi connectivity index (χ0) is 11.6. The molecule has 0 heterocycles. The summed E-state index contributed by atoms with van der Waals surface area (Å²) in [4.78, 5) is 26.5. The molecule has 0 saturated heterocycles. The topological polar surface area (TPSA) is 83.8 Å². The Morgan fingerprint density at radius 2 is 1.57 bits per heavy atom. The highest BCUT2D eigenvalue weighted by Gasteiger charge is 2.27. The molecule has 0 unspecified atom stereocenters. The maximum absolute atomic E-state index is 10.2. The number of unbranched alkanes of at least 4 members (excludes halogenated alkanes) is 1. The van der Waals surface area contributed by atoms with Gasteiger partial charge in [0.25, 0.3) is 0 Å². The summed E-state index contributed by atoms with van der Waals surface area (Å²) in [6.07, 6.45) is 3.19. The van der Waals surface area contributed by atoms with Crippen LogP contribution in [0, 0.1) is 0 Å². The summed E-state index contributed by atoms with van der Waals surface area (Å²) < 4.78 is 14.2. The van der Waals surface area contributed by atoms with E-state index in [9.17, 15) is 9.36 Å². The Hall–Kier alpha value is -0.380. The molecule has 0 saturated carbocycles. The van der Waals surface area contributed by atoms with Gasteiger partial charge < -0.3 is 14.5 Å². The van der Waals surface area contributed by atoms with Gasteiger partial charge in [0.05, 0.1) is 6.61 Å². The maximum atomic E-state index is 10.2. The third-order valence-corrected chi connectivity index (χ3v) is 1.77. The van der Waals surface area contributed by atoms with Crippen LogP contribution in [0.2, 0.25) is 0 Å². The second-order valence-corrected chi connectivity index (χ2v) is 4.11. The molecule has 0 spiro atoms. The van der Waals surface area contributed by atoms with Crippen molar-refractivity contribution < 1.29 is 23.9 Å². The average Bonchev–Trinajstić information content (AvgIpc) is 2.13. The van der Waals surface area contributed by atoms with Crippen LogP contribution in [0.3, 0.4) is 0 Å². The van der Waals surface area contributed by atoms with Gasteiger partial charge in [0.2, 0.25) is 0 Å². The molecular formula is C8H19O5P. The largest absolute Gasteiger partial charge is 0.457 e. The molecular weight excluding hydrogens is 207 g/mol. The number of carbonyl (C=O) groups is 1. The second kappa shape index (κ2) is 9.19. The SMILES string of the molecule is CCCC.CCCOC(=O)P(=O)(O)O. The Kier molecular flexibility index (Phi) is 10.5. The van der Waals surface area contributed by atoms with Gasteiger partial charge in [-0.3, -0.25) is 0 Å². The van der Waals surface area contributed by atoms with E-state index in [1.54, 1.807) is 6.92 Å². The predicted octanol–water partition coefficient (Wildman–Crippen LogP) is 2.52. The van der Waals surface area contributed by atoms with Crippen LogP contribution in [-0.4, -0.2) is 22.1 Å². The number of rotatable bonds is 4. The van der Waals surface area contributed by atoms with Crippen LogP contribution in [0.25, 0.3) is 0 Å². The van der Waals surface area contributed by atoms with Gasteiger partial charge in [-0.2, -0.15) is 0 Å². The highest BCUT2D eigenvalue weighted by Crippen LogP contribution is 2.36. The van der Waals surface area contributed by atoms with E-state index in [1.165, 1.54) is 12.8 Å². The molecule has 0 radical (unpaired) electrons. The summed E-state index contributed by atoms with van der Waals surface area (Å²) in [5.41, 5.74) is -1.45. The second-order valence-electron chi connectivity index (χ2n) is 2.66. The minimum absolute atomic E-state index is 0.0456. The molecule has 0 aromatic heterocycles. The molecule has 6 heteroatoms. The molecule has 0 atom stereocenters. The van der Waals surface area contributed by atoms with Crippen molar-refractivity contribution in [2.45, 2.75) is 40.0 Å². The Morgan fingerprint density at radius 3 is 1.79 bits per heavy atom. The molecule has 86 valence electrons.